The van der Waals surface area contributed by atoms with Crippen LogP contribution in [-0.2, 0) is 22.6 Å². The van der Waals surface area contributed by atoms with E-state index >= 15 is 0 Å². The molecule has 1 aromatic carbocycles. The first kappa shape index (κ1) is 14.6. The van der Waals surface area contributed by atoms with Gasteiger partial charge in [-0.15, -0.1) is 11.3 Å². The van der Waals surface area contributed by atoms with Crippen molar-refractivity contribution in [3.63, 3.8) is 0 Å². The Labute approximate surface area is 139 Å². The number of para-hydroxylation sites is 1. The van der Waals surface area contributed by atoms with Crippen LogP contribution in [0.4, 0.5) is 0 Å². The average molecular weight is 341 g/mol. The number of esters is 1. The Morgan fingerprint density at radius 1 is 1.12 bits per heavy atom. The summed E-state index contributed by atoms with van der Waals surface area (Å²) in [6.07, 6.45) is 0.0168. The molecule has 0 aliphatic carbocycles. The van der Waals surface area contributed by atoms with Crippen LogP contribution in [0.1, 0.15) is 11.6 Å². The van der Waals surface area contributed by atoms with Gasteiger partial charge in [0.05, 0.1) is 11.3 Å². The van der Waals surface area contributed by atoms with Crippen molar-refractivity contribution in [3.05, 3.63) is 53.4 Å². The summed E-state index contributed by atoms with van der Waals surface area (Å²) >= 11 is 1.51. The van der Waals surface area contributed by atoms with Gasteiger partial charge in [0.15, 0.2) is 12.2 Å². The van der Waals surface area contributed by atoms with Crippen LogP contribution in [-0.4, -0.2) is 21.3 Å². The van der Waals surface area contributed by atoms with Crippen molar-refractivity contribution in [2.45, 2.75) is 13.0 Å². The van der Waals surface area contributed by atoms with Crippen molar-refractivity contribution in [3.8, 4) is 10.7 Å². The minimum atomic E-state index is -0.440. The minimum Gasteiger partial charge on any atom is -0.455 e. The largest absolute Gasteiger partial charge is 0.455 e. The monoisotopic (exact) mass is 341 g/mol. The number of ether oxygens (including phenoxy) is 1. The van der Waals surface area contributed by atoms with E-state index in [4.69, 9.17) is 13.8 Å². The Morgan fingerprint density at radius 3 is 2.92 bits per heavy atom. The fourth-order valence-corrected chi connectivity index (χ4v) is 2.86. The lowest BCUT2D eigenvalue weighted by atomic mass is 10.2. The van der Waals surface area contributed by atoms with Crippen LogP contribution in [0.15, 0.2) is 50.8 Å². The Morgan fingerprint density at radius 2 is 2.04 bits per heavy atom. The standard InChI is InChI=1S/C16H11N3O4S/c20-15(8-11-10-4-1-2-5-12(10)22-18-11)21-9-14-17-16(19-23-14)13-6-3-7-24-13/h1-7H,8-9H2. The molecule has 4 rings (SSSR count). The molecule has 0 aliphatic heterocycles. The highest BCUT2D eigenvalue weighted by Crippen LogP contribution is 2.22. The summed E-state index contributed by atoms with van der Waals surface area (Å²) in [4.78, 5) is 17.1. The second kappa shape index (κ2) is 6.25. The molecule has 4 aromatic rings. The quantitative estimate of drug-likeness (QED) is 0.515. The third kappa shape index (κ3) is 2.91. The summed E-state index contributed by atoms with van der Waals surface area (Å²) in [7, 11) is 0. The average Bonchev–Trinajstić information content (AvgIpc) is 3.34. The molecule has 0 aliphatic rings. The lowest BCUT2D eigenvalue weighted by Crippen LogP contribution is -2.08. The molecule has 0 amide bonds. The highest BCUT2D eigenvalue weighted by molar-refractivity contribution is 7.13. The minimum absolute atomic E-state index is 0.0168. The van der Waals surface area contributed by atoms with E-state index in [1.54, 1.807) is 6.07 Å². The number of aromatic nitrogens is 3. The van der Waals surface area contributed by atoms with E-state index < -0.39 is 5.97 Å². The Hall–Kier alpha value is -3.00. The van der Waals surface area contributed by atoms with Crippen molar-refractivity contribution in [2.75, 3.05) is 0 Å². The van der Waals surface area contributed by atoms with E-state index in [2.05, 4.69) is 15.3 Å². The van der Waals surface area contributed by atoms with Crippen LogP contribution in [0.3, 0.4) is 0 Å². The lowest BCUT2D eigenvalue weighted by Gasteiger charge is -1.99. The van der Waals surface area contributed by atoms with E-state index in [1.807, 2.05) is 35.7 Å². The molecule has 3 aromatic heterocycles. The molecule has 0 N–H and O–H groups in total. The molecule has 0 unspecified atom stereocenters. The molecule has 0 atom stereocenters. The van der Waals surface area contributed by atoms with Crippen LogP contribution in [0.25, 0.3) is 21.7 Å². The van der Waals surface area contributed by atoms with Gasteiger partial charge in [-0.3, -0.25) is 4.79 Å². The van der Waals surface area contributed by atoms with Crippen LogP contribution in [0.5, 0.6) is 0 Å². The second-order valence-corrected chi connectivity index (χ2v) is 5.90. The van der Waals surface area contributed by atoms with Crippen molar-refractivity contribution in [2.24, 2.45) is 0 Å². The molecule has 0 saturated carbocycles. The maximum absolute atomic E-state index is 12.0. The summed E-state index contributed by atoms with van der Waals surface area (Å²) < 4.78 is 15.4. The second-order valence-electron chi connectivity index (χ2n) is 4.95. The topological polar surface area (TPSA) is 91.2 Å². The molecule has 3 heterocycles. The van der Waals surface area contributed by atoms with Crippen molar-refractivity contribution < 1.29 is 18.6 Å². The van der Waals surface area contributed by atoms with E-state index in [-0.39, 0.29) is 18.9 Å². The molecule has 0 saturated heterocycles. The first-order valence-electron chi connectivity index (χ1n) is 7.15. The smallest absolute Gasteiger partial charge is 0.312 e. The highest BCUT2D eigenvalue weighted by Gasteiger charge is 2.15. The van der Waals surface area contributed by atoms with Gasteiger partial charge >= 0.3 is 5.97 Å². The fourth-order valence-electron chi connectivity index (χ4n) is 2.21. The van der Waals surface area contributed by atoms with Crippen LogP contribution < -0.4 is 0 Å². The molecule has 0 bridgehead atoms. The number of carbonyl (C=O) groups excluding carboxylic acids is 1. The molecule has 0 radical (unpaired) electrons. The number of carbonyl (C=O) groups is 1. The number of benzene rings is 1. The van der Waals surface area contributed by atoms with Gasteiger partial charge in [0.1, 0.15) is 5.69 Å². The Balaban J connectivity index is 1.38. The molecule has 24 heavy (non-hydrogen) atoms. The fraction of sp³-hybridized carbons (Fsp3) is 0.125. The first-order valence-corrected chi connectivity index (χ1v) is 8.03. The van der Waals surface area contributed by atoms with Gasteiger partial charge in [0, 0.05) is 5.39 Å². The predicted molar refractivity (Wildman–Crippen MR) is 85.1 cm³/mol. The van der Waals surface area contributed by atoms with Crippen molar-refractivity contribution in [1.82, 2.24) is 15.3 Å². The number of fused-ring (bicyclic) bond motifs is 1. The third-order valence-corrected chi connectivity index (χ3v) is 4.20. The van der Waals surface area contributed by atoms with Gasteiger partial charge < -0.3 is 13.8 Å². The van der Waals surface area contributed by atoms with E-state index in [1.165, 1.54) is 11.3 Å². The maximum Gasteiger partial charge on any atom is 0.312 e. The van der Waals surface area contributed by atoms with Crippen molar-refractivity contribution >= 4 is 28.3 Å². The predicted octanol–water partition coefficient (Wildman–Crippen LogP) is 3.23. The van der Waals surface area contributed by atoms with Crippen LogP contribution in [0.2, 0.25) is 0 Å². The van der Waals surface area contributed by atoms with Crippen LogP contribution >= 0.6 is 11.3 Å². The number of thiophene rings is 1. The van der Waals surface area contributed by atoms with Gasteiger partial charge in [0.25, 0.3) is 5.89 Å². The molecule has 120 valence electrons. The van der Waals surface area contributed by atoms with Gasteiger partial charge in [-0.05, 0) is 23.6 Å². The summed E-state index contributed by atoms with van der Waals surface area (Å²) in [5, 5.41) is 10.5. The molecule has 0 spiro atoms. The van der Waals surface area contributed by atoms with Gasteiger partial charge in [-0.25, -0.2) is 0 Å². The first-order chi connectivity index (χ1) is 11.8. The normalized spacial score (nSPS) is 11.0. The zero-order valence-corrected chi connectivity index (χ0v) is 13.2. The number of nitrogens with zero attached hydrogens (tertiary/aromatic N) is 3. The number of rotatable bonds is 5. The lowest BCUT2D eigenvalue weighted by molar-refractivity contribution is -0.145. The molecular formula is C16H11N3O4S. The Bertz CT molecular complexity index is 974. The third-order valence-electron chi connectivity index (χ3n) is 3.33. The number of hydrogen-bond donors (Lipinski definition) is 0. The summed E-state index contributed by atoms with van der Waals surface area (Å²) in [6.45, 7) is -0.0764. The number of hydrogen-bond acceptors (Lipinski definition) is 8. The van der Waals surface area contributed by atoms with Gasteiger partial charge in [0.2, 0.25) is 5.82 Å². The maximum atomic E-state index is 12.0. The van der Waals surface area contributed by atoms with Crippen molar-refractivity contribution in [1.29, 1.82) is 0 Å². The van der Waals surface area contributed by atoms with E-state index in [0.29, 0.717) is 17.1 Å². The molecule has 7 nitrogen and oxygen atoms in total. The molecule has 0 fully saturated rings. The van der Waals surface area contributed by atoms with Gasteiger partial charge in [-0.1, -0.05) is 28.5 Å². The SMILES string of the molecule is O=C(Cc1noc2ccccc12)OCc1nc(-c2cccs2)no1. The summed E-state index contributed by atoms with van der Waals surface area (Å²) in [6, 6.07) is 11.1. The highest BCUT2D eigenvalue weighted by atomic mass is 32.1. The molecule has 8 heteroatoms. The Kier molecular flexibility index (Phi) is 3.80. The van der Waals surface area contributed by atoms with E-state index in [0.717, 1.165) is 10.3 Å². The van der Waals surface area contributed by atoms with E-state index in [9.17, 15) is 4.79 Å². The zero-order chi connectivity index (χ0) is 16.4. The summed E-state index contributed by atoms with van der Waals surface area (Å²) in [5.41, 5.74) is 1.18. The molecular weight excluding hydrogens is 330 g/mol. The van der Waals surface area contributed by atoms with Crippen LogP contribution in [0, 0.1) is 0 Å². The summed E-state index contributed by atoms with van der Waals surface area (Å²) in [5.74, 6) is 0.292. The zero-order valence-electron chi connectivity index (χ0n) is 12.3. The van der Waals surface area contributed by atoms with Gasteiger partial charge in [-0.2, -0.15) is 4.98 Å².